The first-order valence-corrected chi connectivity index (χ1v) is 10.3. The van der Waals surface area contributed by atoms with Crippen LogP contribution in [0.5, 0.6) is 0 Å². The third-order valence-corrected chi connectivity index (χ3v) is 5.50. The van der Waals surface area contributed by atoms with Gasteiger partial charge >= 0.3 is 0 Å². The Labute approximate surface area is 158 Å². The third kappa shape index (κ3) is 5.57. The Morgan fingerprint density at radius 1 is 1.04 bits per heavy atom. The van der Waals surface area contributed by atoms with Gasteiger partial charge in [-0.2, -0.15) is 0 Å². The largest absolute Gasteiger partial charge is 0.370 e. The molecule has 0 aliphatic carbocycles. The molecule has 1 aromatic carbocycles. The molecule has 3 heteroatoms. The molecule has 2 aromatic rings. The Morgan fingerprint density at radius 2 is 1.85 bits per heavy atom. The molecule has 0 saturated carbocycles. The van der Waals surface area contributed by atoms with Gasteiger partial charge in [-0.05, 0) is 80.3 Å². The molecule has 0 spiro atoms. The number of hydrogen-bond donors (Lipinski definition) is 2. The van der Waals surface area contributed by atoms with Crippen molar-refractivity contribution in [3.05, 3.63) is 59.3 Å². The Morgan fingerprint density at radius 3 is 2.62 bits per heavy atom. The summed E-state index contributed by atoms with van der Waals surface area (Å²) in [5.74, 6) is 1.82. The summed E-state index contributed by atoms with van der Waals surface area (Å²) in [5.41, 5.74) is 4.32. The molecule has 3 rings (SSSR count). The first kappa shape index (κ1) is 18.9. The molecule has 140 valence electrons. The Kier molecular flexibility index (Phi) is 7.51. The topological polar surface area (TPSA) is 37.0 Å². The van der Waals surface area contributed by atoms with Crippen molar-refractivity contribution in [2.75, 3.05) is 25.0 Å². The van der Waals surface area contributed by atoms with Crippen LogP contribution in [0.25, 0.3) is 0 Å². The van der Waals surface area contributed by atoms with Gasteiger partial charge in [-0.3, -0.25) is 0 Å². The molecule has 1 aliphatic rings. The minimum absolute atomic E-state index is 0.760. The maximum atomic E-state index is 4.45. The van der Waals surface area contributed by atoms with Crippen LogP contribution in [0.1, 0.15) is 61.6 Å². The third-order valence-electron chi connectivity index (χ3n) is 5.50. The average Bonchev–Trinajstić information content (AvgIpc) is 2.72. The van der Waals surface area contributed by atoms with Crippen molar-refractivity contribution in [2.45, 2.75) is 57.8 Å². The number of nitrogens with zero attached hydrogens (tertiary/aromatic N) is 1. The van der Waals surface area contributed by atoms with E-state index in [1.165, 1.54) is 68.3 Å². The molecule has 2 N–H and O–H groups in total. The highest BCUT2D eigenvalue weighted by atomic mass is 15.0. The first-order chi connectivity index (χ1) is 12.9. The molecule has 3 nitrogen and oxygen atoms in total. The van der Waals surface area contributed by atoms with Gasteiger partial charge in [0, 0.05) is 12.7 Å². The fraction of sp³-hybridized carbons (Fsp3) is 0.522. The molecule has 1 aromatic heterocycles. The lowest BCUT2D eigenvalue weighted by molar-refractivity contribution is 0.460. The molecule has 0 atom stereocenters. The summed E-state index contributed by atoms with van der Waals surface area (Å²) >= 11 is 0. The predicted octanol–water partition coefficient (Wildman–Crippen LogP) is 4.94. The number of nitrogens with one attached hydrogen (secondary N) is 2. The Bertz CT molecular complexity index is 645. The van der Waals surface area contributed by atoms with E-state index in [1.54, 1.807) is 0 Å². The SMILES string of the molecule is CCc1cccnc1NCCCCCc1ccc(C2CCNCC2)cc1. The van der Waals surface area contributed by atoms with Gasteiger partial charge in [0.25, 0.3) is 0 Å². The summed E-state index contributed by atoms with van der Waals surface area (Å²) in [7, 11) is 0. The van der Waals surface area contributed by atoms with Gasteiger partial charge in [0.15, 0.2) is 0 Å². The van der Waals surface area contributed by atoms with E-state index in [9.17, 15) is 0 Å². The van der Waals surface area contributed by atoms with E-state index in [4.69, 9.17) is 0 Å². The summed E-state index contributed by atoms with van der Waals surface area (Å²) in [5, 5.41) is 6.94. The second-order valence-electron chi connectivity index (χ2n) is 7.37. The summed E-state index contributed by atoms with van der Waals surface area (Å²) in [6.07, 6.45) is 10.4. The van der Waals surface area contributed by atoms with Crippen molar-refractivity contribution in [1.29, 1.82) is 0 Å². The summed E-state index contributed by atoms with van der Waals surface area (Å²) < 4.78 is 0. The highest BCUT2D eigenvalue weighted by Crippen LogP contribution is 2.25. The van der Waals surface area contributed by atoms with Gasteiger partial charge in [-0.1, -0.05) is 43.7 Å². The minimum Gasteiger partial charge on any atom is -0.370 e. The summed E-state index contributed by atoms with van der Waals surface area (Å²) in [6.45, 7) is 5.52. The number of pyridine rings is 1. The van der Waals surface area contributed by atoms with Crippen molar-refractivity contribution in [3.8, 4) is 0 Å². The van der Waals surface area contributed by atoms with Gasteiger partial charge < -0.3 is 10.6 Å². The molecule has 26 heavy (non-hydrogen) atoms. The number of piperidine rings is 1. The molecule has 0 radical (unpaired) electrons. The monoisotopic (exact) mass is 351 g/mol. The highest BCUT2D eigenvalue weighted by molar-refractivity contribution is 5.43. The number of aryl methyl sites for hydroxylation is 2. The lowest BCUT2D eigenvalue weighted by Gasteiger charge is -2.23. The van der Waals surface area contributed by atoms with Crippen LogP contribution in [0.15, 0.2) is 42.6 Å². The number of rotatable bonds is 9. The maximum absolute atomic E-state index is 4.45. The van der Waals surface area contributed by atoms with Crippen LogP contribution in [-0.2, 0) is 12.8 Å². The van der Waals surface area contributed by atoms with Crippen LogP contribution >= 0.6 is 0 Å². The van der Waals surface area contributed by atoms with Crippen molar-refractivity contribution in [1.82, 2.24) is 10.3 Å². The lowest BCUT2D eigenvalue weighted by atomic mass is 9.89. The second kappa shape index (κ2) is 10.3. The normalized spacial score (nSPS) is 15.1. The van der Waals surface area contributed by atoms with E-state index < -0.39 is 0 Å². The quantitative estimate of drug-likeness (QED) is 0.629. The highest BCUT2D eigenvalue weighted by Gasteiger charge is 2.14. The van der Waals surface area contributed by atoms with Gasteiger partial charge in [-0.15, -0.1) is 0 Å². The van der Waals surface area contributed by atoms with Crippen LogP contribution in [0.4, 0.5) is 5.82 Å². The molecule has 0 amide bonds. The van der Waals surface area contributed by atoms with Crippen LogP contribution < -0.4 is 10.6 Å². The number of anilines is 1. The fourth-order valence-electron chi connectivity index (χ4n) is 3.83. The smallest absolute Gasteiger partial charge is 0.129 e. The van der Waals surface area contributed by atoms with E-state index in [-0.39, 0.29) is 0 Å². The van der Waals surface area contributed by atoms with E-state index in [2.05, 4.69) is 52.9 Å². The van der Waals surface area contributed by atoms with Crippen molar-refractivity contribution < 1.29 is 0 Å². The summed E-state index contributed by atoms with van der Waals surface area (Å²) in [6, 6.07) is 13.6. The fourth-order valence-corrected chi connectivity index (χ4v) is 3.83. The van der Waals surface area contributed by atoms with Gasteiger partial charge in [-0.25, -0.2) is 4.98 Å². The van der Waals surface area contributed by atoms with E-state index in [0.29, 0.717) is 0 Å². The lowest BCUT2D eigenvalue weighted by Crippen LogP contribution is -2.26. The van der Waals surface area contributed by atoms with Crippen molar-refractivity contribution in [3.63, 3.8) is 0 Å². The number of hydrogen-bond acceptors (Lipinski definition) is 3. The minimum atomic E-state index is 0.760. The molecule has 0 unspecified atom stereocenters. The van der Waals surface area contributed by atoms with E-state index >= 15 is 0 Å². The average molecular weight is 352 g/mol. The van der Waals surface area contributed by atoms with Gasteiger partial charge in [0.2, 0.25) is 0 Å². The molecule has 2 heterocycles. The standard InChI is InChI=1S/C23H33N3/c1-2-20-8-6-16-26-23(20)25-15-5-3-4-7-19-9-11-21(12-10-19)22-13-17-24-18-14-22/h6,8-12,16,22,24H,2-5,7,13-15,17-18H2,1H3,(H,25,26). The molecular formula is C23H33N3. The Balaban J connectivity index is 1.33. The zero-order valence-corrected chi connectivity index (χ0v) is 16.1. The molecule has 1 fully saturated rings. The Hall–Kier alpha value is -1.87. The first-order valence-electron chi connectivity index (χ1n) is 10.3. The molecular weight excluding hydrogens is 318 g/mol. The van der Waals surface area contributed by atoms with Crippen LogP contribution in [0, 0.1) is 0 Å². The number of benzene rings is 1. The van der Waals surface area contributed by atoms with Crippen LogP contribution in [0.2, 0.25) is 0 Å². The zero-order valence-electron chi connectivity index (χ0n) is 16.1. The van der Waals surface area contributed by atoms with Crippen molar-refractivity contribution in [2.24, 2.45) is 0 Å². The number of unbranched alkanes of at least 4 members (excludes halogenated alkanes) is 2. The zero-order chi connectivity index (χ0) is 18.0. The van der Waals surface area contributed by atoms with Gasteiger partial charge in [0.1, 0.15) is 5.82 Å². The molecule has 1 aliphatic heterocycles. The van der Waals surface area contributed by atoms with Crippen LogP contribution in [0.3, 0.4) is 0 Å². The molecule has 0 bridgehead atoms. The molecule has 1 saturated heterocycles. The van der Waals surface area contributed by atoms with Gasteiger partial charge in [0.05, 0.1) is 0 Å². The summed E-state index contributed by atoms with van der Waals surface area (Å²) in [4.78, 5) is 4.45. The maximum Gasteiger partial charge on any atom is 0.129 e. The predicted molar refractivity (Wildman–Crippen MR) is 111 cm³/mol. The number of aromatic nitrogens is 1. The van der Waals surface area contributed by atoms with Crippen LogP contribution in [-0.4, -0.2) is 24.6 Å². The van der Waals surface area contributed by atoms with E-state index in [1.807, 2.05) is 12.3 Å². The second-order valence-corrected chi connectivity index (χ2v) is 7.37. The van der Waals surface area contributed by atoms with Crippen molar-refractivity contribution >= 4 is 5.82 Å². The van der Waals surface area contributed by atoms with E-state index in [0.717, 1.165) is 24.7 Å².